The topological polar surface area (TPSA) is 42.7 Å². The molecule has 7 rings (SSSR count). The standard InChI is InChI=1S/C29H36N4/c1-20-8-10-22(11-9-20)19-33-31-27(28(32-33)26-6-4-3-5-7-26)18-30-21(2)29-15-23-12-24(16-29)14-25(13-23)17-29/h3-11,21,23-25,30H,12-19H2,1-2H3/t21-,23?,24?,25?,29?/m1/s1. The fraction of sp³-hybridized carbons (Fsp3) is 0.517. The Labute approximate surface area is 197 Å². The lowest BCUT2D eigenvalue weighted by Crippen LogP contribution is -2.54. The van der Waals surface area contributed by atoms with Crippen molar-refractivity contribution < 1.29 is 0 Å². The van der Waals surface area contributed by atoms with Gasteiger partial charge in [0.25, 0.3) is 0 Å². The quantitative estimate of drug-likeness (QED) is 0.490. The summed E-state index contributed by atoms with van der Waals surface area (Å²) >= 11 is 0. The Hall–Kier alpha value is -2.46. The zero-order valence-corrected chi connectivity index (χ0v) is 20.0. The third-order valence-corrected chi connectivity index (χ3v) is 8.80. The lowest BCUT2D eigenvalue weighted by atomic mass is 9.48. The highest BCUT2D eigenvalue weighted by Crippen LogP contribution is 2.61. The Bertz CT molecular complexity index is 1060. The highest BCUT2D eigenvalue weighted by atomic mass is 15.5. The van der Waals surface area contributed by atoms with Gasteiger partial charge in [-0.25, -0.2) is 0 Å². The summed E-state index contributed by atoms with van der Waals surface area (Å²) in [6.07, 6.45) is 8.78. The molecule has 4 bridgehead atoms. The van der Waals surface area contributed by atoms with Crippen LogP contribution in [0.1, 0.15) is 62.3 Å². The lowest BCUT2D eigenvalue weighted by molar-refractivity contribution is -0.0707. The van der Waals surface area contributed by atoms with Gasteiger partial charge < -0.3 is 5.32 Å². The van der Waals surface area contributed by atoms with E-state index in [1.165, 1.54) is 49.7 Å². The summed E-state index contributed by atoms with van der Waals surface area (Å²) in [6, 6.07) is 19.7. The average molecular weight is 441 g/mol. The number of rotatable bonds is 7. The molecule has 0 amide bonds. The first-order chi connectivity index (χ1) is 16.1. The van der Waals surface area contributed by atoms with Crippen LogP contribution in [0.4, 0.5) is 0 Å². The third-order valence-electron chi connectivity index (χ3n) is 8.80. The van der Waals surface area contributed by atoms with E-state index in [-0.39, 0.29) is 0 Å². The molecule has 4 heteroatoms. The van der Waals surface area contributed by atoms with Gasteiger partial charge in [-0.1, -0.05) is 60.2 Å². The van der Waals surface area contributed by atoms with Crippen molar-refractivity contribution in [3.05, 3.63) is 71.4 Å². The molecule has 4 saturated carbocycles. The van der Waals surface area contributed by atoms with Gasteiger partial charge in [0, 0.05) is 18.2 Å². The molecule has 0 aliphatic heterocycles. The molecule has 4 aliphatic carbocycles. The first-order valence-electron chi connectivity index (χ1n) is 12.8. The van der Waals surface area contributed by atoms with E-state index in [9.17, 15) is 0 Å². The molecule has 172 valence electrons. The molecule has 4 aliphatic rings. The van der Waals surface area contributed by atoms with E-state index in [1.807, 2.05) is 4.80 Å². The maximum atomic E-state index is 4.97. The predicted molar refractivity (Wildman–Crippen MR) is 133 cm³/mol. The van der Waals surface area contributed by atoms with Crippen molar-refractivity contribution in [2.24, 2.45) is 23.2 Å². The minimum absolute atomic E-state index is 0.500. The van der Waals surface area contributed by atoms with Gasteiger partial charge in [0.15, 0.2) is 0 Å². The average Bonchev–Trinajstić information content (AvgIpc) is 3.21. The summed E-state index contributed by atoms with van der Waals surface area (Å²) in [7, 11) is 0. The summed E-state index contributed by atoms with van der Waals surface area (Å²) in [5, 5.41) is 13.8. The molecule has 4 nitrogen and oxygen atoms in total. The third kappa shape index (κ3) is 4.14. The zero-order chi connectivity index (χ0) is 22.4. The van der Waals surface area contributed by atoms with Crippen molar-refractivity contribution in [2.75, 3.05) is 0 Å². The molecule has 4 fully saturated rings. The molecule has 2 aromatic carbocycles. The highest BCUT2D eigenvalue weighted by Gasteiger charge is 2.52. The number of aromatic nitrogens is 3. The van der Waals surface area contributed by atoms with Crippen LogP contribution in [-0.2, 0) is 13.1 Å². The van der Waals surface area contributed by atoms with Crippen LogP contribution in [0.2, 0.25) is 0 Å². The van der Waals surface area contributed by atoms with Crippen LogP contribution in [0.25, 0.3) is 11.3 Å². The second-order valence-electron chi connectivity index (χ2n) is 11.3. The second kappa shape index (κ2) is 8.39. The molecular weight excluding hydrogens is 404 g/mol. The van der Waals surface area contributed by atoms with Crippen molar-refractivity contribution in [2.45, 2.75) is 71.5 Å². The Morgan fingerprint density at radius 3 is 2.18 bits per heavy atom. The van der Waals surface area contributed by atoms with E-state index in [1.54, 1.807) is 0 Å². The molecule has 0 saturated heterocycles. The molecule has 1 aromatic heterocycles. The van der Waals surface area contributed by atoms with Gasteiger partial charge in [-0.15, -0.1) is 0 Å². The number of aryl methyl sites for hydroxylation is 1. The van der Waals surface area contributed by atoms with Crippen molar-refractivity contribution in [3.8, 4) is 11.3 Å². The number of nitrogens with one attached hydrogen (secondary N) is 1. The molecule has 3 aromatic rings. The summed E-state index contributed by atoms with van der Waals surface area (Å²) in [5.74, 6) is 2.95. The number of hydrogen-bond donors (Lipinski definition) is 1. The van der Waals surface area contributed by atoms with Crippen LogP contribution in [0.15, 0.2) is 54.6 Å². The number of hydrogen-bond acceptors (Lipinski definition) is 3. The molecule has 1 atom stereocenters. The normalized spacial score (nSPS) is 28.8. The highest BCUT2D eigenvalue weighted by molar-refractivity contribution is 5.60. The Morgan fingerprint density at radius 1 is 0.909 bits per heavy atom. The Kier molecular flexibility index (Phi) is 5.37. The molecule has 0 radical (unpaired) electrons. The molecule has 0 spiro atoms. The fourth-order valence-electron chi connectivity index (χ4n) is 7.42. The largest absolute Gasteiger partial charge is 0.308 e. The predicted octanol–water partition coefficient (Wildman–Crippen LogP) is 6.00. The van der Waals surface area contributed by atoms with E-state index < -0.39 is 0 Å². The fourth-order valence-corrected chi connectivity index (χ4v) is 7.42. The Balaban J connectivity index is 1.22. The van der Waals surface area contributed by atoms with Crippen LogP contribution in [-0.4, -0.2) is 21.0 Å². The second-order valence-corrected chi connectivity index (χ2v) is 11.3. The lowest BCUT2D eigenvalue weighted by Gasteiger charge is -2.59. The van der Waals surface area contributed by atoms with E-state index in [0.717, 1.165) is 41.2 Å². The summed E-state index contributed by atoms with van der Waals surface area (Å²) < 4.78 is 0. The first-order valence-corrected chi connectivity index (χ1v) is 12.8. The van der Waals surface area contributed by atoms with Gasteiger partial charge in [0.2, 0.25) is 0 Å². The van der Waals surface area contributed by atoms with Crippen molar-refractivity contribution in [1.82, 2.24) is 20.3 Å². The Morgan fingerprint density at radius 2 is 1.55 bits per heavy atom. The van der Waals surface area contributed by atoms with Crippen molar-refractivity contribution >= 4 is 0 Å². The van der Waals surface area contributed by atoms with Crippen LogP contribution in [0, 0.1) is 30.1 Å². The summed E-state index contributed by atoms with van der Waals surface area (Å²) in [6.45, 7) is 6.04. The van der Waals surface area contributed by atoms with Gasteiger partial charge in [-0.2, -0.15) is 15.0 Å². The molecule has 0 unspecified atom stereocenters. The number of nitrogens with zero attached hydrogens (tertiary/aromatic N) is 3. The molecule has 33 heavy (non-hydrogen) atoms. The summed E-state index contributed by atoms with van der Waals surface area (Å²) in [4.78, 5) is 1.87. The minimum Gasteiger partial charge on any atom is -0.308 e. The van der Waals surface area contributed by atoms with Gasteiger partial charge in [-0.05, 0) is 81.1 Å². The van der Waals surface area contributed by atoms with E-state index in [4.69, 9.17) is 10.2 Å². The van der Waals surface area contributed by atoms with Crippen LogP contribution < -0.4 is 5.32 Å². The molecule has 1 N–H and O–H groups in total. The maximum absolute atomic E-state index is 4.97. The van der Waals surface area contributed by atoms with Crippen molar-refractivity contribution in [1.29, 1.82) is 0 Å². The first kappa shape index (κ1) is 21.1. The number of benzene rings is 2. The monoisotopic (exact) mass is 440 g/mol. The van der Waals surface area contributed by atoms with Gasteiger partial charge in [0.1, 0.15) is 11.4 Å². The maximum Gasteiger partial charge on any atom is 0.117 e. The van der Waals surface area contributed by atoms with Gasteiger partial charge in [-0.3, -0.25) is 0 Å². The van der Waals surface area contributed by atoms with E-state index in [2.05, 4.69) is 73.8 Å². The van der Waals surface area contributed by atoms with Crippen LogP contribution in [0.3, 0.4) is 0 Å². The minimum atomic E-state index is 0.500. The van der Waals surface area contributed by atoms with E-state index in [0.29, 0.717) is 18.0 Å². The van der Waals surface area contributed by atoms with Gasteiger partial charge in [0.05, 0.1) is 6.54 Å². The molecule has 1 heterocycles. The van der Waals surface area contributed by atoms with Crippen molar-refractivity contribution in [3.63, 3.8) is 0 Å². The summed E-state index contributed by atoms with van der Waals surface area (Å²) in [5.41, 5.74) is 6.22. The zero-order valence-electron chi connectivity index (χ0n) is 20.0. The van der Waals surface area contributed by atoms with E-state index >= 15 is 0 Å². The molecular formula is C29H36N4. The van der Waals surface area contributed by atoms with Crippen LogP contribution in [0.5, 0.6) is 0 Å². The SMILES string of the molecule is Cc1ccc(Cn2nc(CN[C@H](C)C34CC5CC(CC(C5)C3)C4)c(-c3ccccc3)n2)cc1. The smallest absolute Gasteiger partial charge is 0.117 e. The van der Waals surface area contributed by atoms with Crippen LogP contribution >= 0.6 is 0 Å². The van der Waals surface area contributed by atoms with Gasteiger partial charge >= 0.3 is 0 Å².